The van der Waals surface area contributed by atoms with Crippen molar-refractivity contribution in [2.45, 2.75) is 33.2 Å². The molecule has 0 spiro atoms. The number of rotatable bonds is 5. The maximum absolute atomic E-state index is 11.5. The summed E-state index contributed by atoms with van der Waals surface area (Å²) in [5.74, 6) is 0.286. The average molecular weight is 230 g/mol. The van der Waals surface area contributed by atoms with Crippen LogP contribution in [0.1, 0.15) is 27.2 Å². The van der Waals surface area contributed by atoms with Gasteiger partial charge in [-0.2, -0.15) is 5.26 Å². The molecule has 0 aliphatic rings. The first-order valence-electron chi connectivity index (χ1n) is 4.82. The van der Waals surface area contributed by atoms with Gasteiger partial charge in [-0.1, -0.05) is 0 Å². The van der Waals surface area contributed by atoms with Gasteiger partial charge in [0.05, 0.1) is 6.07 Å². The molecule has 0 heterocycles. The van der Waals surface area contributed by atoms with E-state index in [-0.39, 0.29) is 11.9 Å². The SMILES string of the molecule is CC(CCS(C)=O)NC(=O)C(C)(C)C#N. The topological polar surface area (TPSA) is 70.0 Å². The lowest BCUT2D eigenvalue weighted by molar-refractivity contribution is -0.127. The Morgan fingerprint density at radius 2 is 2.13 bits per heavy atom. The van der Waals surface area contributed by atoms with Gasteiger partial charge in [-0.25, -0.2) is 0 Å². The Morgan fingerprint density at radius 1 is 1.60 bits per heavy atom. The van der Waals surface area contributed by atoms with Gasteiger partial charge < -0.3 is 5.32 Å². The Kier molecular flexibility index (Phi) is 5.51. The lowest BCUT2D eigenvalue weighted by Crippen LogP contribution is -2.41. The highest BCUT2D eigenvalue weighted by molar-refractivity contribution is 7.84. The van der Waals surface area contributed by atoms with Crippen molar-refractivity contribution < 1.29 is 9.00 Å². The minimum atomic E-state index is -1.00. The monoisotopic (exact) mass is 230 g/mol. The van der Waals surface area contributed by atoms with Crippen LogP contribution in [0.2, 0.25) is 0 Å². The maximum atomic E-state index is 11.5. The summed E-state index contributed by atoms with van der Waals surface area (Å²) in [7, 11) is -0.840. The number of carbonyl (C=O) groups excluding carboxylic acids is 1. The van der Waals surface area contributed by atoms with Crippen LogP contribution in [0.15, 0.2) is 0 Å². The van der Waals surface area contributed by atoms with E-state index in [1.54, 1.807) is 20.1 Å². The van der Waals surface area contributed by atoms with Crippen molar-refractivity contribution in [3.8, 4) is 6.07 Å². The van der Waals surface area contributed by atoms with E-state index in [0.717, 1.165) is 0 Å². The van der Waals surface area contributed by atoms with E-state index in [4.69, 9.17) is 5.26 Å². The number of amides is 1. The van der Waals surface area contributed by atoms with Crippen LogP contribution in [0.4, 0.5) is 0 Å². The third-order valence-electron chi connectivity index (χ3n) is 2.06. The fourth-order valence-electron chi connectivity index (χ4n) is 0.870. The lowest BCUT2D eigenvalue weighted by Gasteiger charge is -2.19. The van der Waals surface area contributed by atoms with Gasteiger partial charge in [0.25, 0.3) is 0 Å². The summed E-state index contributed by atoms with van der Waals surface area (Å²) in [6.45, 7) is 5.00. The molecule has 1 N–H and O–H groups in total. The van der Waals surface area contributed by atoms with Crippen molar-refractivity contribution in [2.24, 2.45) is 5.41 Å². The Balaban J connectivity index is 4.09. The first kappa shape index (κ1) is 14.1. The molecule has 0 aliphatic carbocycles. The molecule has 5 heteroatoms. The van der Waals surface area contributed by atoms with E-state index in [2.05, 4.69) is 5.32 Å². The predicted octanol–water partition coefficient (Wildman–Crippen LogP) is 0.809. The molecule has 0 bridgehead atoms. The van der Waals surface area contributed by atoms with Gasteiger partial charge >= 0.3 is 0 Å². The Bertz CT molecular complexity index is 294. The number of carbonyl (C=O) groups is 1. The molecular formula is C10H18N2O2S. The molecule has 4 nitrogen and oxygen atoms in total. The van der Waals surface area contributed by atoms with Crippen LogP contribution in [0.3, 0.4) is 0 Å². The smallest absolute Gasteiger partial charge is 0.240 e. The molecule has 15 heavy (non-hydrogen) atoms. The lowest BCUT2D eigenvalue weighted by atomic mass is 9.94. The molecule has 0 fully saturated rings. The van der Waals surface area contributed by atoms with Crippen LogP contribution in [0.25, 0.3) is 0 Å². The number of nitriles is 1. The molecule has 0 aromatic heterocycles. The second-order valence-electron chi connectivity index (χ2n) is 4.18. The normalized spacial score (nSPS) is 15.1. The van der Waals surface area contributed by atoms with E-state index in [1.807, 2.05) is 13.0 Å². The maximum Gasteiger partial charge on any atom is 0.240 e. The second-order valence-corrected chi connectivity index (χ2v) is 5.73. The largest absolute Gasteiger partial charge is 0.352 e. The number of nitrogens with zero attached hydrogens (tertiary/aromatic N) is 1. The molecule has 1 amide bonds. The second kappa shape index (κ2) is 5.86. The highest BCUT2D eigenvalue weighted by Gasteiger charge is 2.27. The van der Waals surface area contributed by atoms with E-state index >= 15 is 0 Å². The highest BCUT2D eigenvalue weighted by atomic mass is 32.2. The van der Waals surface area contributed by atoms with Gasteiger partial charge in [-0.15, -0.1) is 0 Å². The van der Waals surface area contributed by atoms with Gasteiger partial charge in [0, 0.05) is 28.9 Å². The van der Waals surface area contributed by atoms with Crippen molar-refractivity contribution in [1.82, 2.24) is 5.32 Å². The minimum Gasteiger partial charge on any atom is -0.352 e. The van der Waals surface area contributed by atoms with Crippen molar-refractivity contribution in [3.05, 3.63) is 0 Å². The Morgan fingerprint density at radius 3 is 2.53 bits per heavy atom. The van der Waals surface area contributed by atoms with Crippen LogP contribution in [0, 0.1) is 16.7 Å². The summed E-state index contributed by atoms with van der Waals surface area (Å²) < 4.78 is 10.8. The van der Waals surface area contributed by atoms with Gasteiger partial charge in [-0.05, 0) is 27.2 Å². The van der Waals surface area contributed by atoms with Gasteiger partial charge in [0.1, 0.15) is 5.41 Å². The van der Waals surface area contributed by atoms with E-state index in [1.165, 1.54) is 0 Å². The zero-order valence-corrected chi connectivity index (χ0v) is 10.5. The molecule has 0 aromatic carbocycles. The molecule has 2 unspecified atom stereocenters. The first-order chi connectivity index (χ1) is 6.79. The van der Waals surface area contributed by atoms with Crippen molar-refractivity contribution in [1.29, 1.82) is 5.26 Å². The van der Waals surface area contributed by atoms with E-state index < -0.39 is 16.2 Å². The number of hydrogen-bond donors (Lipinski definition) is 1. The molecule has 0 aromatic rings. The Labute approximate surface area is 93.5 Å². The Hall–Kier alpha value is -0.890. The first-order valence-corrected chi connectivity index (χ1v) is 6.54. The molecule has 86 valence electrons. The highest BCUT2D eigenvalue weighted by Crippen LogP contribution is 2.13. The van der Waals surface area contributed by atoms with Gasteiger partial charge in [0.15, 0.2) is 0 Å². The summed E-state index contributed by atoms with van der Waals surface area (Å²) in [5, 5.41) is 11.5. The van der Waals surface area contributed by atoms with Crippen LogP contribution < -0.4 is 5.32 Å². The zero-order valence-electron chi connectivity index (χ0n) is 9.66. The molecule has 0 radical (unpaired) electrons. The zero-order chi connectivity index (χ0) is 12.1. The van der Waals surface area contributed by atoms with E-state index in [0.29, 0.717) is 12.2 Å². The molecule has 2 atom stereocenters. The molecule has 0 rings (SSSR count). The van der Waals surface area contributed by atoms with Gasteiger partial charge in [0.2, 0.25) is 5.91 Å². The summed E-state index contributed by atoms with van der Waals surface area (Å²) in [6, 6.07) is 1.89. The number of nitrogens with one attached hydrogen (secondary N) is 1. The quantitative estimate of drug-likeness (QED) is 0.759. The van der Waals surface area contributed by atoms with Crippen LogP contribution in [0.5, 0.6) is 0 Å². The molecule has 0 saturated carbocycles. The molecule has 0 saturated heterocycles. The summed E-state index contributed by atoms with van der Waals surface area (Å²) in [4.78, 5) is 11.5. The minimum absolute atomic E-state index is 0.0472. The fourth-order valence-corrected chi connectivity index (χ4v) is 1.56. The molecular weight excluding hydrogens is 212 g/mol. The fraction of sp³-hybridized carbons (Fsp3) is 0.800. The van der Waals surface area contributed by atoms with Crippen molar-refractivity contribution >= 4 is 16.7 Å². The van der Waals surface area contributed by atoms with Crippen LogP contribution >= 0.6 is 0 Å². The summed E-state index contributed by atoms with van der Waals surface area (Å²) in [5.41, 5.74) is -1.00. The van der Waals surface area contributed by atoms with Crippen LogP contribution in [-0.2, 0) is 15.6 Å². The van der Waals surface area contributed by atoms with Gasteiger partial charge in [-0.3, -0.25) is 9.00 Å². The standard InChI is InChI=1S/C10H18N2O2S/c1-8(5-6-15(4)14)12-9(13)10(2,3)7-11/h8H,5-6H2,1-4H3,(H,12,13). The van der Waals surface area contributed by atoms with Crippen LogP contribution in [-0.4, -0.2) is 28.2 Å². The molecule has 0 aliphatic heterocycles. The predicted molar refractivity (Wildman–Crippen MR) is 60.5 cm³/mol. The van der Waals surface area contributed by atoms with Crippen molar-refractivity contribution in [3.63, 3.8) is 0 Å². The van der Waals surface area contributed by atoms with Crippen molar-refractivity contribution in [2.75, 3.05) is 12.0 Å². The third kappa shape index (κ3) is 5.53. The number of hydrogen-bond acceptors (Lipinski definition) is 3. The summed E-state index contributed by atoms with van der Waals surface area (Å²) >= 11 is 0. The third-order valence-corrected chi connectivity index (χ3v) is 2.87. The average Bonchev–Trinajstić information content (AvgIpc) is 2.14. The summed E-state index contributed by atoms with van der Waals surface area (Å²) in [6.07, 6.45) is 2.30. The van der Waals surface area contributed by atoms with E-state index in [9.17, 15) is 9.00 Å².